The first kappa shape index (κ1) is 15.6. The number of nitrogens with two attached hydrogens (primary N) is 1. The zero-order valence-electron chi connectivity index (χ0n) is 12.5. The van der Waals surface area contributed by atoms with Gasteiger partial charge in [0.25, 0.3) is 0 Å². The Morgan fingerprint density at radius 3 is 2.85 bits per heavy atom. The van der Waals surface area contributed by atoms with Gasteiger partial charge in [-0.3, -0.25) is 4.90 Å². The second-order valence-corrected chi connectivity index (χ2v) is 6.07. The van der Waals surface area contributed by atoms with Crippen LogP contribution >= 0.6 is 11.6 Å². The van der Waals surface area contributed by atoms with Crippen molar-refractivity contribution in [1.82, 2.24) is 9.80 Å². The van der Waals surface area contributed by atoms with Crippen molar-refractivity contribution in [1.29, 1.82) is 0 Å². The number of nitrogens with zero attached hydrogens (tertiary/aromatic N) is 2. The van der Waals surface area contributed by atoms with Crippen LogP contribution in [0.5, 0.6) is 5.75 Å². The van der Waals surface area contributed by atoms with Gasteiger partial charge < -0.3 is 15.4 Å². The van der Waals surface area contributed by atoms with E-state index in [1.165, 1.54) is 0 Å². The van der Waals surface area contributed by atoms with Crippen LogP contribution in [-0.4, -0.2) is 62.7 Å². The standard InChI is InChI=1S/C15H24ClN3O/c1-18-6-7-19(2)14(10-18)13(17)9-11-8-12(16)4-5-15(11)20-3/h4-5,8,13-14H,6-7,9-10,17H2,1-3H3. The maximum atomic E-state index is 6.44. The maximum absolute atomic E-state index is 6.44. The van der Waals surface area contributed by atoms with E-state index in [0.717, 1.165) is 42.4 Å². The fourth-order valence-corrected chi connectivity index (χ4v) is 3.00. The Bertz CT molecular complexity index is 455. The molecule has 0 bridgehead atoms. The van der Waals surface area contributed by atoms with Gasteiger partial charge in [0, 0.05) is 36.7 Å². The number of methoxy groups -OCH3 is 1. The molecule has 2 rings (SSSR count). The SMILES string of the molecule is COc1ccc(Cl)cc1CC(N)C1CN(C)CCN1C. The Labute approximate surface area is 126 Å². The second kappa shape index (κ2) is 6.76. The maximum Gasteiger partial charge on any atom is 0.122 e. The van der Waals surface area contributed by atoms with Gasteiger partial charge in [-0.15, -0.1) is 0 Å². The molecule has 20 heavy (non-hydrogen) atoms. The summed E-state index contributed by atoms with van der Waals surface area (Å²) in [6.45, 7) is 3.16. The number of piperazine rings is 1. The minimum atomic E-state index is 0.0649. The minimum Gasteiger partial charge on any atom is -0.496 e. The lowest BCUT2D eigenvalue weighted by Crippen LogP contribution is -2.58. The van der Waals surface area contributed by atoms with Gasteiger partial charge in [-0.2, -0.15) is 0 Å². The lowest BCUT2D eigenvalue weighted by atomic mass is 9.97. The molecule has 0 saturated carbocycles. The largest absolute Gasteiger partial charge is 0.496 e. The van der Waals surface area contributed by atoms with Crippen molar-refractivity contribution in [2.75, 3.05) is 40.8 Å². The molecule has 1 heterocycles. The highest BCUT2D eigenvalue weighted by atomic mass is 35.5. The third kappa shape index (κ3) is 3.64. The topological polar surface area (TPSA) is 41.7 Å². The summed E-state index contributed by atoms with van der Waals surface area (Å²) in [5.74, 6) is 0.858. The summed E-state index contributed by atoms with van der Waals surface area (Å²) in [6, 6.07) is 6.12. The molecule has 2 unspecified atom stereocenters. The first-order chi connectivity index (χ1) is 9.51. The summed E-state index contributed by atoms with van der Waals surface area (Å²) in [5, 5.41) is 0.724. The van der Waals surface area contributed by atoms with E-state index in [2.05, 4.69) is 23.9 Å². The van der Waals surface area contributed by atoms with E-state index >= 15 is 0 Å². The number of hydrogen-bond donors (Lipinski definition) is 1. The van der Waals surface area contributed by atoms with Crippen LogP contribution in [0.1, 0.15) is 5.56 Å². The fourth-order valence-electron chi connectivity index (χ4n) is 2.80. The van der Waals surface area contributed by atoms with Gasteiger partial charge in [0.1, 0.15) is 5.75 Å². The Balaban J connectivity index is 2.10. The third-order valence-electron chi connectivity index (χ3n) is 4.09. The van der Waals surface area contributed by atoms with Crippen molar-refractivity contribution in [2.45, 2.75) is 18.5 Å². The molecule has 1 fully saturated rings. The summed E-state index contributed by atoms with van der Waals surface area (Å²) >= 11 is 6.08. The zero-order chi connectivity index (χ0) is 14.7. The lowest BCUT2D eigenvalue weighted by Gasteiger charge is -2.40. The van der Waals surface area contributed by atoms with Gasteiger partial charge >= 0.3 is 0 Å². The van der Waals surface area contributed by atoms with Crippen LogP contribution in [0.25, 0.3) is 0 Å². The molecule has 2 N–H and O–H groups in total. The molecule has 5 heteroatoms. The average molecular weight is 298 g/mol. The number of benzene rings is 1. The Kier molecular flexibility index (Phi) is 5.27. The molecule has 1 saturated heterocycles. The molecular weight excluding hydrogens is 274 g/mol. The summed E-state index contributed by atoms with van der Waals surface area (Å²) < 4.78 is 5.40. The molecule has 0 amide bonds. The second-order valence-electron chi connectivity index (χ2n) is 5.63. The van der Waals surface area contributed by atoms with E-state index in [4.69, 9.17) is 22.1 Å². The van der Waals surface area contributed by atoms with E-state index in [0.29, 0.717) is 6.04 Å². The van der Waals surface area contributed by atoms with E-state index < -0.39 is 0 Å². The summed E-state index contributed by atoms with van der Waals surface area (Å²) in [5.41, 5.74) is 7.52. The monoisotopic (exact) mass is 297 g/mol. The molecule has 1 aromatic rings. The number of rotatable bonds is 4. The van der Waals surface area contributed by atoms with Crippen molar-refractivity contribution in [3.8, 4) is 5.75 Å². The normalized spacial score (nSPS) is 22.8. The summed E-state index contributed by atoms with van der Waals surface area (Å²) in [7, 11) is 5.97. The first-order valence-corrected chi connectivity index (χ1v) is 7.36. The van der Waals surface area contributed by atoms with Crippen molar-refractivity contribution in [3.63, 3.8) is 0 Å². The van der Waals surface area contributed by atoms with Gasteiger partial charge in [-0.25, -0.2) is 0 Å². The molecule has 112 valence electrons. The summed E-state index contributed by atoms with van der Waals surface area (Å²) in [6.07, 6.45) is 0.770. The van der Waals surface area contributed by atoms with Gasteiger partial charge in [0.15, 0.2) is 0 Å². The van der Waals surface area contributed by atoms with Crippen LogP contribution in [0, 0.1) is 0 Å². The van der Waals surface area contributed by atoms with Crippen LogP contribution in [0.3, 0.4) is 0 Å². The lowest BCUT2D eigenvalue weighted by molar-refractivity contribution is 0.0972. The molecule has 1 aromatic carbocycles. The Morgan fingerprint density at radius 1 is 1.40 bits per heavy atom. The zero-order valence-corrected chi connectivity index (χ0v) is 13.2. The third-order valence-corrected chi connectivity index (χ3v) is 4.33. The number of halogens is 1. The molecule has 0 aromatic heterocycles. The van der Waals surface area contributed by atoms with Gasteiger partial charge in [0.05, 0.1) is 7.11 Å². The van der Waals surface area contributed by atoms with E-state index in [1.807, 2.05) is 18.2 Å². The highest BCUT2D eigenvalue weighted by Crippen LogP contribution is 2.25. The van der Waals surface area contributed by atoms with E-state index in [9.17, 15) is 0 Å². The van der Waals surface area contributed by atoms with Crippen LogP contribution in [0.2, 0.25) is 5.02 Å². The fraction of sp³-hybridized carbons (Fsp3) is 0.600. The van der Waals surface area contributed by atoms with E-state index in [-0.39, 0.29) is 6.04 Å². The van der Waals surface area contributed by atoms with Crippen LogP contribution in [-0.2, 0) is 6.42 Å². The quantitative estimate of drug-likeness (QED) is 0.914. The highest BCUT2D eigenvalue weighted by Gasteiger charge is 2.28. The smallest absolute Gasteiger partial charge is 0.122 e. The molecular formula is C15H24ClN3O. The van der Waals surface area contributed by atoms with Crippen molar-refractivity contribution in [3.05, 3.63) is 28.8 Å². The molecule has 0 aliphatic carbocycles. The molecule has 0 radical (unpaired) electrons. The van der Waals surface area contributed by atoms with Crippen LogP contribution in [0.15, 0.2) is 18.2 Å². The summed E-state index contributed by atoms with van der Waals surface area (Å²) in [4.78, 5) is 4.68. The van der Waals surface area contributed by atoms with Crippen molar-refractivity contribution < 1.29 is 4.74 Å². The van der Waals surface area contributed by atoms with E-state index in [1.54, 1.807) is 7.11 Å². The average Bonchev–Trinajstić information content (AvgIpc) is 2.41. The highest BCUT2D eigenvalue weighted by molar-refractivity contribution is 6.30. The predicted molar refractivity (Wildman–Crippen MR) is 83.6 cm³/mol. The van der Waals surface area contributed by atoms with Gasteiger partial charge in [-0.05, 0) is 44.3 Å². The Hall–Kier alpha value is -0.810. The molecule has 1 aliphatic rings. The molecule has 2 atom stereocenters. The first-order valence-electron chi connectivity index (χ1n) is 6.98. The van der Waals surface area contributed by atoms with Crippen LogP contribution in [0.4, 0.5) is 0 Å². The minimum absolute atomic E-state index is 0.0649. The number of hydrogen-bond acceptors (Lipinski definition) is 4. The van der Waals surface area contributed by atoms with Crippen LogP contribution < -0.4 is 10.5 Å². The van der Waals surface area contributed by atoms with Gasteiger partial charge in [0.2, 0.25) is 0 Å². The molecule has 0 spiro atoms. The molecule has 1 aliphatic heterocycles. The number of likely N-dealkylation sites (N-methyl/N-ethyl adjacent to an activating group) is 2. The molecule has 4 nitrogen and oxygen atoms in total. The Morgan fingerprint density at radius 2 is 2.15 bits per heavy atom. The number of ether oxygens (including phenoxy) is 1. The van der Waals surface area contributed by atoms with Crippen molar-refractivity contribution >= 4 is 11.6 Å². The van der Waals surface area contributed by atoms with Gasteiger partial charge in [-0.1, -0.05) is 11.6 Å². The van der Waals surface area contributed by atoms with Crippen molar-refractivity contribution in [2.24, 2.45) is 5.73 Å². The predicted octanol–water partition coefficient (Wildman–Crippen LogP) is 1.46.